The Morgan fingerprint density at radius 1 is 0.960 bits per heavy atom. The fraction of sp³-hybridized carbons (Fsp3) is 0.0588. The first-order chi connectivity index (χ1) is 12.0. The molecular formula is C17H13ClN4O3. The molecule has 0 aliphatic heterocycles. The molecule has 0 saturated heterocycles. The Morgan fingerprint density at radius 3 is 2.24 bits per heavy atom. The van der Waals surface area contributed by atoms with Gasteiger partial charge in [0.05, 0.1) is 5.39 Å². The van der Waals surface area contributed by atoms with Gasteiger partial charge < -0.3 is 0 Å². The van der Waals surface area contributed by atoms with Crippen LogP contribution < -0.4 is 16.4 Å². The summed E-state index contributed by atoms with van der Waals surface area (Å²) in [6.45, 7) is 0. The molecule has 2 aromatic carbocycles. The normalized spacial score (nSPS) is 10.5. The van der Waals surface area contributed by atoms with Crippen molar-refractivity contribution < 1.29 is 9.59 Å². The predicted molar refractivity (Wildman–Crippen MR) is 93.4 cm³/mol. The van der Waals surface area contributed by atoms with E-state index >= 15 is 0 Å². The van der Waals surface area contributed by atoms with Crippen LogP contribution >= 0.6 is 11.6 Å². The summed E-state index contributed by atoms with van der Waals surface area (Å²) in [6.07, 6.45) is 0. The number of aromatic nitrogens is 2. The molecule has 0 atom stereocenters. The topological polar surface area (TPSA) is 93.1 Å². The number of carbonyl (C=O) groups is 2. The molecule has 0 aliphatic rings. The molecule has 7 nitrogen and oxygen atoms in total. The summed E-state index contributed by atoms with van der Waals surface area (Å²) in [6, 6.07) is 12.8. The van der Waals surface area contributed by atoms with Crippen LogP contribution in [-0.2, 0) is 7.05 Å². The van der Waals surface area contributed by atoms with E-state index in [1.165, 1.54) is 19.2 Å². The van der Waals surface area contributed by atoms with Crippen molar-refractivity contribution in [2.24, 2.45) is 7.05 Å². The predicted octanol–water partition coefficient (Wildman–Crippen LogP) is 1.66. The maximum atomic E-state index is 12.4. The quantitative estimate of drug-likeness (QED) is 0.683. The van der Waals surface area contributed by atoms with E-state index in [9.17, 15) is 14.4 Å². The van der Waals surface area contributed by atoms with E-state index in [1.807, 2.05) is 0 Å². The summed E-state index contributed by atoms with van der Waals surface area (Å²) in [5.74, 6) is -1.13. The molecule has 2 amide bonds. The van der Waals surface area contributed by atoms with Crippen molar-refractivity contribution >= 4 is 34.2 Å². The third-order valence-electron chi connectivity index (χ3n) is 3.57. The number of benzene rings is 2. The molecule has 3 aromatic rings. The number of nitrogens with one attached hydrogen (secondary N) is 2. The highest BCUT2D eigenvalue weighted by Gasteiger charge is 2.16. The van der Waals surface area contributed by atoms with E-state index in [2.05, 4.69) is 16.0 Å². The molecule has 0 fully saturated rings. The van der Waals surface area contributed by atoms with Gasteiger partial charge in [-0.3, -0.25) is 25.2 Å². The summed E-state index contributed by atoms with van der Waals surface area (Å²) < 4.78 is 1.08. The maximum Gasteiger partial charge on any atom is 0.290 e. The SMILES string of the molecule is Cn1nc(C(=O)NNC(=O)c2ccc(Cl)cc2)c2ccccc2c1=O. The highest BCUT2D eigenvalue weighted by molar-refractivity contribution is 6.30. The second-order valence-electron chi connectivity index (χ2n) is 5.24. The Kier molecular flexibility index (Phi) is 4.49. The molecule has 2 N–H and O–H groups in total. The van der Waals surface area contributed by atoms with Crippen molar-refractivity contribution in [2.45, 2.75) is 0 Å². The summed E-state index contributed by atoms with van der Waals surface area (Å²) in [7, 11) is 1.46. The monoisotopic (exact) mass is 356 g/mol. The number of hydrogen-bond donors (Lipinski definition) is 2. The number of hydrogen-bond acceptors (Lipinski definition) is 4. The lowest BCUT2D eigenvalue weighted by Crippen LogP contribution is -2.42. The summed E-state index contributed by atoms with van der Waals surface area (Å²) >= 11 is 5.77. The molecule has 8 heteroatoms. The molecule has 0 unspecified atom stereocenters. The molecule has 126 valence electrons. The number of rotatable bonds is 2. The summed E-state index contributed by atoms with van der Waals surface area (Å²) in [5, 5.41) is 5.26. The van der Waals surface area contributed by atoms with Crippen LogP contribution in [0.4, 0.5) is 0 Å². The van der Waals surface area contributed by atoms with Crippen molar-refractivity contribution in [3.05, 3.63) is 75.2 Å². The van der Waals surface area contributed by atoms with Crippen LogP contribution in [-0.4, -0.2) is 21.6 Å². The number of nitrogens with zero attached hydrogens (tertiary/aromatic N) is 2. The summed E-state index contributed by atoms with van der Waals surface area (Å²) in [4.78, 5) is 36.5. The van der Waals surface area contributed by atoms with E-state index in [0.717, 1.165) is 4.68 Å². The highest BCUT2D eigenvalue weighted by atomic mass is 35.5. The fourth-order valence-corrected chi connectivity index (χ4v) is 2.44. The third kappa shape index (κ3) is 3.36. The van der Waals surface area contributed by atoms with Gasteiger partial charge in [-0.25, -0.2) is 4.68 Å². The van der Waals surface area contributed by atoms with Gasteiger partial charge >= 0.3 is 0 Å². The molecule has 0 spiro atoms. The smallest absolute Gasteiger partial charge is 0.267 e. The lowest BCUT2D eigenvalue weighted by Gasteiger charge is -2.10. The minimum absolute atomic E-state index is 0.0362. The molecule has 0 bridgehead atoms. The molecule has 1 heterocycles. The Hall–Kier alpha value is -3.19. The molecule has 1 aromatic heterocycles. The Labute approximate surface area is 147 Å². The zero-order chi connectivity index (χ0) is 18.0. The number of halogens is 1. The fourth-order valence-electron chi connectivity index (χ4n) is 2.31. The number of amides is 2. The molecule has 25 heavy (non-hydrogen) atoms. The van der Waals surface area contributed by atoms with Gasteiger partial charge in [0.15, 0.2) is 5.69 Å². The van der Waals surface area contributed by atoms with Gasteiger partial charge in [0, 0.05) is 23.0 Å². The number of aryl methyl sites for hydroxylation is 1. The van der Waals surface area contributed by atoms with E-state index in [4.69, 9.17) is 11.6 Å². The van der Waals surface area contributed by atoms with Crippen LogP contribution in [0.2, 0.25) is 5.02 Å². The molecule has 0 aliphatic carbocycles. The third-order valence-corrected chi connectivity index (χ3v) is 3.82. The standard InChI is InChI=1S/C17H13ClN4O3/c1-22-17(25)13-5-3-2-4-12(13)14(21-22)16(24)20-19-15(23)10-6-8-11(18)9-7-10/h2-9H,1H3,(H,19,23)(H,20,24). The Bertz CT molecular complexity index is 1030. The molecule has 0 radical (unpaired) electrons. The average Bonchev–Trinajstić information content (AvgIpc) is 2.63. The van der Waals surface area contributed by atoms with Gasteiger partial charge in [0.25, 0.3) is 17.4 Å². The van der Waals surface area contributed by atoms with Gasteiger partial charge in [-0.2, -0.15) is 5.10 Å². The first-order valence-electron chi connectivity index (χ1n) is 7.29. The second kappa shape index (κ2) is 6.74. The average molecular weight is 357 g/mol. The number of hydrazine groups is 1. The molecular weight excluding hydrogens is 344 g/mol. The Morgan fingerprint density at radius 2 is 1.56 bits per heavy atom. The van der Waals surface area contributed by atoms with Crippen molar-refractivity contribution in [3.63, 3.8) is 0 Å². The van der Waals surface area contributed by atoms with Crippen LogP contribution in [0.1, 0.15) is 20.8 Å². The maximum absolute atomic E-state index is 12.4. The molecule has 0 saturated carbocycles. The Balaban J connectivity index is 1.83. The summed E-state index contributed by atoms with van der Waals surface area (Å²) in [5.41, 5.74) is 4.67. The lowest BCUT2D eigenvalue weighted by atomic mass is 10.1. The number of carbonyl (C=O) groups excluding carboxylic acids is 2. The number of fused-ring (bicyclic) bond motifs is 1. The van der Waals surface area contributed by atoms with Gasteiger partial charge in [-0.05, 0) is 30.3 Å². The zero-order valence-corrected chi connectivity index (χ0v) is 13.9. The van der Waals surface area contributed by atoms with Crippen molar-refractivity contribution in [1.29, 1.82) is 0 Å². The minimum Gasteiger partial charge on any atom is -0.267 e. The first-order valence-corrected chi connectivity index (χ1v) is 7.67. The van der Waals surface area contributed by atoms with Crippen molar-refractivity contribution in [2.75, 3.05) is 0 Å². The van der Waals surface area contributed by atoms with Crippen molar-refractivity contribution in [1.82, 2.24) is 20.6 Å². The van der Waals surface area contributed by atoms with Crippen molar-refractivity contribution in [3.8, 4) is 0 Å². The van der Waals surface area contributed by atoms with Crippen LogP contribution in [0, 0.1) is 0 Å². The molecule has 3 rings (SSSR count). The highest BCUT2D eigenvalue weighted by Crippen LogP contribution is 2.13. The largest absolute Gasteiger partial charge is 0.290 e. The van der Waals surface area contributed by atoms with E-state index in [0.29, 0.717) is 21.4 Å². The minimum atomic E-state index is -0.630. The van der Waals surface area contributed by atoms with E-state index in [-0.39, 0.29) is 11.3 Å². The second-order valence-corrected chi connectivity index (χ2v) is 5.67. The first kappa shape index (κ1) is 16.7. The van der Waals surface area contributed by atoms with Gasteiger partial charge in [-0.15, -0.1) is 0 Å². The van der Waals surface area contributed by atoms with Gasteiger partial charge in [-0.1, -0.05) is 29.8 Å². The lowest BCUT2D eigenvalue weighted by molar-refractivity contribution is 0.0844. The van der Waals surface area contributed by atoms with Crippen LogP contribution in [0.3, 0.4) is 0 Å². The van der Waals surface area contributed by atoms with Gasteiger partial charge in [0.1, 0.15) is 0 Å². The zero-order valence-electron chi connectivity index (χ0n) is 13.1. The van der Waals surface area contributed by atoms with Crippen LogP contribution in [0.15, 0.2) is 53.3 Å². The van der Waals surface area contributed by atoms with Crippen LogP contribution in [0.5, 0.6) is 0 Å². The van der Waals surface area contributed by atoms with E-state index in [1.54, 1.807) is 36.4 Å². The van der Waals surface area contributed by atoms with Crippen LogP contribution in [0.25, 0.3) is 10.8 Å². The van der Waals surface area contributed by atoms with E-state index < -0.39 is 11.8 Å². The van der Waals surface area contributed by atoms with Gasteiger partial charge in [0.2, 0.25) is 0 Å².